The quantitative estimate of drug-likeness (QED) is 0.781. The molecule has 0 heterocycles. The Bertz CT molecular complexity index is 568. The van der Waals surface area contributed by atoms with E-state index in [2.05, 4.69) is 62.4 Å². The van der Waals surface area contributed by atoms with E-state index in [1.54, 1.807) is 6.92 Å². The van der Waals surface area contributed by atoms with Crippen molar-refractivity contribution in [3.63, 3.8) is 0 Å². The lowest BCUT2D eigenvalue weighted by Gasteiger charge is -2.09. The average Bonchev–Trinajstić information content (AvgIpc) is 2.42. The number of benzene rings is 2. The third-order valence-electron chi connectivity index (χ3n) is 3.32. The van der Waals surface area contributed by atoms with E-state index in [-0.39, 0.29) is 5.78 Å². The van der Waals surface area contributed by atoms with Crippen molar-refractivity contribution in [2.24, 2.45) is 0 Å². The van der Waals surface area contributed by atoms with E-state index in [4.69, 9.17) is 0 Å². The monoisotopic (exact) mass is 264 g/mol. The van der Waals surface area contributed by atoms with Crippen molar-refractivity contribution in [1.82, 2.24) is 0 Å². The summed E-state index contributed by atoms with van der Waals surface area (Å²) in [7, 11) is 0. The molecule has 102 valence electrons. The molecule has 0 fully saturated rings. The highest BCUT2D eigenvalue weighted by Gasteiger charge is 2.05. The van der Waals surface area contributed by atoms with Crippen LogP contribution in [0, 0.1) is 13.8 Å². The third-order valence-corrected chi connectivity index (χ3v) is 3.32. The standard InChI is InChI=1S/C19H20O/c1-14-4-9-17(10-5-14)19(13-8-16(3)20)18-11-6-15(2)7-12-18/h4-7,9-13H,8H2,1-3H3. The van der Waals surface area contributed by atoms with Gasteiger partial charge in [-0.05, 0) is 37.5 Å². The predicted octanol–water partition coefficient (Wildman–Crippen LogP) is 4.71. The topological polar surface area (TPSA) is 17.1 Å². The fourth-order valence-corrected chi connectivity index (χ4v) is 2.11. The van der Waals surface area contributed by atoms with Crippen LogP contribution in [0.25, 0.3) is 5.57 Å². The van der Waals surface area contributed by atoms with E-state index in [1.165, 1.54) is 11.1 Å². The Kier molecular flexibility index (Phi) is 4.52. The number of aryl methyl sites for hydroxylation is 2. The predicted molar refractivity (Wildman–Crippen MR) is 84.7 cm³/mol. The van der Waals surface area contributed by atoms with E-state index in [1.807, 2.05) is 6.08 Å². The molecule has 0 saturated carbocycles. The number of Topliss-reactive ketones (excluding diaryl/α,β-unsaturated/α-hetero) is 1. The molecule has 0 bridgehead atoms. The zero-order valence-electron chi connectivity index (χ0n) is 12.3. The van der Waals surface area contributed by atoms with E-state index in [0.29, 0.717) is 6.42 Å². The Morgan fingerprint density at radius 1 is 0.850 bits per heavy atom. The molecule has 0 radical (unpaired) electrons. The lowest BCUT2D eigenvalue weighted by molar-refractivity contribution is -0.116. The smallest absolute Gasteiger partial charge is 0.133 e. The van der Waals surface area contributed by atoms with Crippen LogP contribution in [0.2, 0.25) is 0 Å². The van der Waals surface area contributed by atoms with Crippen LogP contribution in [0.15, 0.2) is 54.6 Å². The van der Waals surface area contributed by atoms with Gasteiger partial charge in [0.05, 0.1) is 0 Å². The molecule has 0 unspecified atom stereocenters. The van der Waals surface area contributed by atoms with Gasteiger partial charge in [0, 0.05) is 6.42 Å². The van der Waals surface area contributed by atoms with Gasteiger partial charge in [-0.15, -0.1) is 0 Å². The fourth-order valence-electron chi connectivity index (χ4n) is 2.11. The number of hydrogen-bond acceptors (Lipinski definition) is 1. The van der Waals surface area contributed by atoms with E-state index in [0.717, 1.165) is 16.7 Å². The van der Waals surface area contributed by atoms with Gasteiger partial charge >= 0.3 is 0 Å². The average molecular weight is 264 g/mol. The van der Waals surface area contributed by atoms with Gasteiger partial charge in [-0.1, -0.05) is 65.7 Å². The summed E-state index contributed by atoms with van der Waals surface area (Å²) in [5.74, 6) is 0.182. The number of allylic oxidation sites excluding steroid dienone is 1. The van der Waals surface area contributed by atoms with Gasteiger partial charge in [0.1, 0.15) is 5.78 Å². The minimum absolute atomic E-state index is 0.182. The summed E-state index contributed by atoms with van der Waals surface area (Å²) in [5, 5.41) is 0. The summed E-state index contributed by atoms with van der Waals surface area (Å²) in [6.45, 7) is 5.78. The van der Waals surface area contributed by atoms with Crippen molar-refractivity contribution in [3.05, 3.63) is 76.9 Å². The fraction of sp³-hybridized carbons (Fsp3) is 0.211. The summed E-state index contributed by atoms with van der Waals surface area (Å²) in [6, 6.07) is 16.9. The molecule has 0 aliphatic carbocycles. The molecule has 20 heavy (non-hydrogen) atoms. The Labute approximate surface area is 121 Å². The summed E-state index contributed by atoms with van der Waals surface area (Å²) in [5.41, 5.74) is 5.91. The zero-order valence-corrected chi connectivity index (χ0v) is 12.3. The molecule has 2 rings (SSSR count). The molecule has 0 atom stereocenters. The normalized spacial score (nSPS) is 10.2. The number of carbonyl (C=O) groups is 1. The number of carbonyl (C=O) groups excluding carboxylic acids is 1. The van der Waals surface area contributed by atoms with Gasteiger partial charge in [0.25, 0.3) is 0 Å². The number of rotatable bonds is 4. The summed E-state index contributed by atoms with van der Waals surface area (Å²) < 4.78 is 0. The molecule has 1 nitrogen and oxygen atoms in total. The summed E-state index contributed by atoms with van der Waals surface area (Å²) >= 11 is 0. The second kappa shape index (κ2) is 6.33. The van der Waals surface area contributed by atoms with Crippen LogP contribution in [0.3, 0.4) is 0 Å². The van der Waals surface area contributed by atoms with Crippen LogP contribution in [0.1, 0.15) is 35.6 Å². The third kappa shape index (κ3) is 3.67. The molecule has 1 heteroatoms. The highest BCUT2D eigenvalue weighted by Crippen LogP contribution is 2.24. The number of ketones is 1. The summed E-state index contributed by atoms with van der Waals surface area (Å²) in [6.07, 6.45) is 2.49. The Morgan fingerprint density at radius 2 is 1.25 bits per heavy atom. The lowest BCUT2D eigenvalue weighted by Crippen LogP contribution is -1.92. The van der Waals surface area contributed by atoms with Crippen molar-refractivity contribution in [3.8, 4) is 0 Å². The molecule has 0 amide bonds. The van der Waals surface area contributed by atoms with Gasteiger partial charge in [0.2, 0.25) is 0 Å². The van der Waals surface area contributed by atoms with Crippen LogP contribution >= 0.6 is 0 Å². The van der Waals surface area contributed by atoms with E-state index >= 15 is 0 Å². The first kappa shape index (κ1) is 14.3. The molecular formula is C19H20O. The van der Waals surface area contributed by atoms with Gasteiger partial charge < -0.3 is 0 Å². The minimum Gasteiger partial charge on any atom is -0.300 e. The molecule has 2 aromatic carbocycles. The van der Waals surface area contributed by atoms with Gasteiger partial charge in [-0.3, -0.25) is 4.79 Å². The van der Waals surface area contributed by atoms with Crippen LogP contribution in [-0.4, -0.2) is 5.78 Å². The van der Waals surface area contributed by atoms with Crippen LogP contribution < -0.4 is 0 Å². The molecule has 0 aliphatic heterocycles. The molecule has 0 saturated heterocycles. The Morgan fingerprint density at radius 3 is 1.60 bits per heavy atom. The van der Waals surface area contributed by atoms with Crippen molar-refractivity contribution < 1.29 is 4.79 Å². The van der Waals surface area contributed by atoms with Gasteiger partial charge in [-0.25, -0.2) is 0 Å². The zero-order chi connectivity index (χ0) is 14.5. The molecule has 2 aromatic rings. The SMILES string of the molecule is CC(=O)CC=C(c1ccc(C)cc1)c1ccc(C)cc1. The maximum absolute atomic E-state index is 11.3. The molecule has 0 aromatic heterocycles. The second-order valence-electron chi connectivity index (χ2n) is 5.26. The van der Waals surface area contributed by atoms with E-state index in [9.17, 15) is 4.79 Å². The van der Waals surface area contributed by atoms with Crippen molar-refractivity contribution >= 4 is 11.4 Å². The maximum Gasteiger partial charge on any atom is 0.133 e. The van der Waals surface area contributed by atoms with E-state index < -0.39 is 0 Å². The Balaban J connectivity index is 2.44. The summed E-state index contributed by atoms with van der Waals surface area (Å²) in [4.78, 5) is 11.3. The highest BCUT2D eigenvalue weighted by atomic mass is 16.1. The van der Waals surface area contributed by atoms with Gasteiger partial charge in [-0.2, -0.15) is 0 Å². The first-order chi connectivity index (χ1) is 9.56. The second-order valence-corrected chi connectivity index (χ2v) is 5.26. The highest BCUT2D eigenvalue weighted by molar-refractivity contribution is 5.84. The molecule has 0 N–H and O–H groups in total. The van der Waals surface area contributed by atoms with Crippen LogP contribution in [0.4, 0.5) is 0 Å². The number of hydrogen-bond donors (Lipinski definition) is 0. The maximum atomic E-state index is 11.3. The lowest BCUT2D eigenvalue weighted by atomic mass is 9.95. The van der Waals surface area contributed by atoms with Crippen molar-refractivity contribution in [2.45, 2.75) is 27.2 Å². The van der Waals surface area contributed by atoms with Crippen LogP contribution in [-0.2, 0) is 4.79 Å². The minimum atomic E-state index is 0.182. The van der Waals surface area contributed by atoms with Crippen LogP contribution in [0.5, 0.6) is 0 Å². The largest absolute Gasteiger partial charge is 0.300 e. The molecule has 0 spiro atoms. The molecule has 0 aliphatic rings. The Hall–Kier alpha value is -2.15. The van der Waals surface area contributed by atoms with Crippen molar-refractivity contribution in [1.29, 1.82) is 0 Å². The first-order valence-electron chi connectivity index (χ1n) is 6.90. The first-order valence-corrected chi connectivity index (χ1v) is 6.90. The van der Waals surface area contributed by atoms with Crippen molar-refractivity contribution in [2.75, 3.05) is 0 Å². The molecular weight excluding hydrogens is 244 g/mol. The van der Waals surface area contributed by atoms with Gasteiger partial charge in [0.15, 0.2) is 0 Å².